The van der Waals surface area contributed by atoms with Gasteiger partial charge in [-0.25, -0.2) is 4.39 Å². The van der Waals surface area contributed by atoms with Gasteiger partial charge in [0.15, 0.2) is 0 Å². The molecular weight excluding hydrogens is 210 g/mol. The molecule has 0 atom stereocenters. The predicted molar refractivity (Wildman–Crippen MR) is 39.7 cm³/mol. The maximum absolute atomic E-state index is 12.4. The summed E-state index contributed by atoms with van der Waals surface area (Å²) in [6, 6.07) is 2.44. The van der Waals surface area contributed by atoms with E-state index >= 15 is 0 Å². The second kappa shape index (κ2) is 2.99. The summed E-state index contributed by atoms with van der Waals surface area (Å²) in [7, 11) is -4.93. The molecule has 0 aromatic heterocycles. The quantitative estimate of drug-likeness (QED) is 0.669. The van der Waals surface area contributed by atoms with Gasteiger partial charge in [0.1, 0.15) is 10.7 Å². The summed E-state index contributed by atoms with van der Waals surface area (Å²) in [6.07, 6.45) is 0. The fourth-order valence-corrected chi connectivity index (χ4v) is 1.61. The van der Waals surface area contributed by atoms with Crippen LogP contribution in [0.15, 0.2) is 23.1 Å². The minimum Gasteiger partial charge on any atom is -0.207 e. The molecule has 0 aliphatic carbocycles. The van der Waals surface area contributed by atoms with Crippen molar-refractivity contribution in [3.8, 4) is 0 Å². The van der Waals surface area contributed by atoms with Gasteiger partial charge in [-0.2, -0.15) is 8.42 Å². The van der Waals surface area contributed by atoms with E-state index in [0.717, 1.165) is 12.1 Å². The van der Waals surface area contributed by atoms with Crippen molar-refractivity contribution in [2.45, 2.75) is 4.90 Å². The molecule has 1 aromatic carbocycles. The van der Waals surface area contributed by atoms with Crippen LogP contribution in [0, 0.1) is 5.82 Å². The molecule has 0 saturated heterocycles. The molecule has 0 saturated carbocycles. The van der Waals surface area contributed by atoms with Gasteiger partial charge < -0.3 is 0 Å². The fraction of sp³-hybridized carbons (Fsp3) is 0. The lowest BCUT2D eigenvalue weighted by molar-refractivity contribution is 0.549. The van der Waals surface area contributed by atoms with Crippen molar-refractivity contribution in [1.82, 2.24) is 0 Å². The highest BCUT2D eigenvalue weighted by molar-refractivity contribution is 7.86. The van der Waals surface area contributed by atoms with E-state index < -0.39 is 20.9 Å². The van der Waals surface area contributed by atoms with Crippen LogP contribution in [0.25, 0.3) is 0 Å². The largest absolute Gasteiger partial charge is 0.333 e. The second-order valence-corrected chi connectivity index (χ2v) is 3.74. The summed E-state index contributed by atoms with van der Waals surface area (Å²) >= 11 is 5.30. The maximum Gasteiger partial charge on any atom is 0.333 e. The average Bonchev–Trinajstić information content (AvgIpc) is 1.92. The maximum atomic E-state index is 12.4. The molecule has 0 N–H and O–H groups in total. The number of hydrogen-bond acceptors (Lipinski definition) is 2. The van der Waals surface area contributed by atoms with Gasteiger partial charge in [0.2, 0.25) is 0 Å². The molecule has 1 aromatic rings. The second-order valence-electron chi connectivity index (χ2n) is 2.01. The van der Waals surface area contributed by atoms with Gasteiger partial charge in [0, 0.05) is 0 Å². The molecule has 6 heteroatoms. The normalized spacial score (nSPS) is 11.6. The highest BCUT2D eigenvalue weighted by Crippen LogP contribution is 2.23. The van der Waals surface area contributed by atoms with Gasteiger partial charge in [-0.05, 0) is 18.2 Å². The molecule has 0 aliphatic rings. The first-order valence-corrected chi connectivity index (χ1v) is 4.57. The molecule has 12 heavy (non-hydrogen) atoms. The van der Waals surface area contributed by atoms with Crippen molar-refractivity contribution in [2.75, 3.05) is 0 Å². The summed E-state index contributed by atoms with van der Waals surface area (Å²) in [5.41, 5.74) is 0. The van der Waals surface area contributed by atoms with Crippen LogP contribution < -0.4 is 0 Å². The van der Waals surface area contributed by atoms with E-state index in [2.05, 4.69) is 0 Å². The first kappa shape index (κ1) is 9.41. The molecule has 0 unspecified atom stereocenters. The van der Waals surface area contributed by atoms with E-state index in [1.807, 2.05) is 0 Å². The van der Waals surface area contributed by atoms with Crippen LogP contribution in [-0.2, 0) is 10.2 Å². The van der Waals surface area contributed by atoms with Crippen LogP contribution in [0.2, 0.25) is 5.02 Å². The Kier molecular flexibility index (Phi) is 2.34. The first-order valence-electron chi connectivity index (χ1n) is 2.81. The van der Waals surface area contributed by atoms with E-state index in [0.29, 0.717) is 6.07 Å². The Labute approximate surface area is 73.0 Å². The van der Waals surface area contributed by atoms with Crippen LogP contribution in [-0.4, -0.2) is 8.42 Å². The van der Waals surface area contributed by atoms with E-state index in [1.54, 1.807) is 0 Å². The summed E-state index contributed by atoms with van der Waals surface area (Å²) in [5.74, 6) is -0.851. The summed E-state index contributed by atoms with van der Waals surface area (Å²) in [5, 5.41) is -0.334. The summed E-state index contributed by atoms with van der Waals surface area (Å²) in [6.45, 7) is 0. The minimum absolute atomic E-state index is 0.334. The fourth-order valence-electron chi connectivity index (χ4n) is 0.664. The zero-order chi connectivity index (χ0) is 9.35. The molecule has 0 aliphatic heterocycles. The van der Waals surface area contributed by atoms with Gasteiger partial charge >= 0.3 is 10.2 Å². The van der Waals surface area contributed by atoms with Crippen molar-refractivity contribution in [3.63, 3.8) is 0 Å². The van der Waals surface area contributed by atoms with Crippen LogP contribution in [0.1, 0.15) is 0 Å². The zero-order valence-electron chi connectivity index (χ0n) is 5.59. The van der Waals surface area contributed by atoms with Crippen molar-refractivity contribution >= 4 is 21.8 Å². The highest BCUT2D eigenvalue weighted by atomic mass is 35.5. The van der Waals surface area contributed by atoms with E-state index in [4.69, 9.17) is 11.6 Å². The lowest BCUT2D eigenvalue weighted by atomic mass is 10.3. The molecule has 66 valence electrons. The molecule has 0 bridgehead atoms. The smallest absolute Gasteiger partial charge is 0.207 e. The van der Waals surface area contributed by atoms with Gasteiger partial charge in [0.05, 0.1) is 5.02 Å². The van der Waals surface area contributed by atoms with Crippen molar-refractivity contribution in [3.05, 3.63) is 29.0 Å². The third kappa shape index (κ3) is 1.92. The zero-order valence-corrected chi connectivity index (χ0v) is 7.16. The number of benzene rings is 1. The lowest BCUT2D eigenvalue weighted by Gasteiger charge is -1.97. The molecule has 0 amide bonds. The minimum atomic E-state index is -4.93. The molecule has 1 rings (SSSR count). The Bertz CT molecular complexity index is 402. The molecule has 0 fully saturated rings. The van der Waals surface area contributed by atoms with Crippen molar-refractivity contribution in [2.24, 2.45) is 0 Å². The Morgan fingerprint density at radius 1 is 1.33 bits per heavy atom. The number of halogens is 3. The number of hydrogen-bond donors (Lipinski definition) is 0. The van der Waals surface area contributed by atoms with E-state index in [-0.39, 0.29) is 5.02 Å². The molecule has 0 spiro atoms. The highest BCUT2D eigenvalue weighted by Gasteiger charge is 2.16. The van der Waals surface area contributed by atoms with Gasteiger partial charge in [-0.15, -0.1) is 3.89 Å². The molecular formula is C6H3ClF2O2S. The first-order chi connectivity index (χ1) is 5.41. The van der Waals surface area contributed by atoms with Crippen molar-refractivity contribution < 1.29 is 16.7 Å². The molecule has 0 heterocycles. The average molecular weight is 213 g/mol. The lowest BCUT2D eigenvalue weighted by Crippen LogP contribution is -1.93. The topological polar surface area (TPSA) is 34.1 Å². The third-order valence-electron chi connectivity index (χ3n) is 1.16. The Hall–Kier alpha value is -0.680. The van der Waals surface area contributed by atoms with Gasteiger partial charge in [-0.1, -0.05) is 11.6 Å². The monoisotopic (exact) mass is 212 g/mol. The SMILES string of the molecule is O=S(=O)(F)c1cc(F)ccc1Cl. The molecule has 0 radical (unpaired) electrons. The van der Waals surface area contributed by atoms with Crippen LogP contribution in [0.3, 0.4) is 0 Å². The van der Waals surface area contributed by atoms with Crippen LogP contribution in [0.5, 0.6) is 0 Å². The Morgan fingerprint density at radius 3 is 2.33 bits per heavy atom. The van der Waals surface area contributed by atoms with Gasteiger partial charge in [0.25, 0.3) is 0 Å². The summed E-state index contributed by atoms with van der Waals surface area (Å²) < 4.78 is 45.2. The van der Waals surface area contributed by atoms with Crippen LogP contribution >= 0.6 is 11.6 Å². The number of rotatable bonds is 1. The Balaban J connectivity index is 3.43. The van der Waals surface area contributed by atoms with E-state index in [1.165, 1.54) is 0 Å². The van der Waals surface area contributed by atoms with Crippen LogP contribution in [0.4, 0.5) is 8.28 Å². The van der Waals surface area contributed by atoms with Gasteiger partial charge in [-0.3, -0.25) is 0 Å². The Morgan fingerprint density at radius 2 is 1.92 bits per heavy atom. The predicted octanol–water partition coefficient (Wildman–Crippen LogP) is 2.14. The van der Waals surface area contributed by atoms with E-state index in [9.17, 15) is 16.7 Å². The molecule has 2 nitrogen and oxygen atoms in total. The standard InChI is InChI=1S/C6H3ClF2O2S/c7-5-2-1-4(8)3-6(5)12(9,10)11/h1-3H. The summed E-state index contributed by atoms with van der Waals surface area (Å²) in [4.78, 5) is -0.843. The van der Waals surface area contributed by atoms with Crippen molar-refractivity contribution in [1.29, 1.82) is 0 Å². The third-order valence-corrected chi connectivity index (χ3v) is 2.46.